The van der Waals surface area contributed by atoms with Gasteiger partial charge < -0.3 is 20.1 Å². The lowest BCUT2D eigenvalue weighted by atomic mass is 9.98. The summed E-state index contributed by atoms with van der Waals surface area (Å²) < 4.78 is 5.63. The lowest BCUT2D eigenvalue weighted by Gasteiger charge is -2.38. The summed E-state index contributed by atoms with van der Waals surface area (Å²) in [6.45, 7) is 1.13. The lowest BCUT2D eigenvalue weighted by molar-refractivity contribution is -0.148. The third-order valence-electron chi connectivity index (χ3n) is 6.79. The number of ether oxygens (including phenoxy) is 1. The van der Waals surface area contributed by atoms with Crippen molar-refractivity contribution in [1.29, 1.82) is 0 Å². The number of carbonyl (C=O) groups is 3. The average molecular weight is 498 g/mol. The van der Waals surface area contributed by atoms with Crippen molar-refractivity contribution in [3.63, 3.8) is 0 Å². The van der Waals surface area contributed by atoms with Gasteiger partial charge in [0.2, 0.25) is 5.91 Å². The molecule has 2 atom stereocenters. The lowest BCUT2D eigenvalue weighted by Crippen LogP contribution is -2.59. The number of likely N-dealkylation sites (N-methyl/N-ethyl adjacent to an activating group) is 1. The fourth-order valence-corrected chi connectivity index (χ4v) is 5.31. The zero-order valence-corrected chi connectivity index (χ0v) is 20.8. The van der Waals surface area contributed by atoms with Gasteiger partial charge in [-0.15, -0.1) is 0 Å². The van der Waals surface area contributed by atoms with Crippen LogP contribution in [0, 0.1) is 0 Å². The highest BCUT2D eigenvalue weighted by molar-refractivity contribution is 7.98. The van der Waals surface area contributed by atoms with Crippen LogP contribution in [0.4, 0.5) is 4.79 Å². The maximum atomic E-state index is 13.2. The fourth-order valence-electron chi connectivity index (χ4n) is 4.84. The molecule has 2 aliphatic rings. The van der Waals surface area contributed by atoms with Gasteiger partial charge in [-0.1, -0.05) is 48.5 Å². The highest BCUT2D eigenvalue weighted by Crippen LogP contribution is 2.44. The van der Waals surface area contributed by atoms with Gasteiger partial charge in [0.15, 0.2) is 0 Å². The van der Waals surface area contributed by atoms with E-state index in [-0.39, 0.29) is 25.0 Å². The number of benzene rings is 2. The summed E-state index contributed by atoms with van der Waals surface area (Å²) in [6.07, 6.45) is 1.73. The van der Waals surface area contributed by atoms with Crippen molar-refractivity contribution in [2.24, 2.45) is 0 Å². The van der Waals surface area contributed by atoms with Crippen LogP contribution in [-0.4, -0.2) is 90.3 Å². The van der Waals surface area contributed by atoms with Crippen molar-refractivity contribution in [2.45, 2.75) is 24.4 Å². The minimum atomic E-state index is -0.963. The number of aliphatic carboxylic acids is 1. The molecule has 0 radical (unpaired) electrons. The topological polar surface area (TPSA) is 99.2 Å². The molecule has 0 aromatic heterocycles. The van der Waals surface area contributed by atoms with E-state index in [0.717, 1.165) is 22.3 Å². The van der Waals surface area contributed by atoms with Crippen molar-refractivity contribution >= 4 is 29.7 Å². The van der Waals surface area contributed by atoms with Gasteiger partial charge in [0.25, 0.3) is 0 Å². The van der Waals surface area contributed by atoms with E-state index in [1.165, 1.54) is 4.90 Å². The van der Waals surface area contributed by atoms with Gasteiger partial charge >= 0.3 is 12.1 Å². The Hall–Kier alpha value is -3.04. The van der Waals surface area contributed by atoms with Crippen LogP contribution in [0.1, 0.15) is 23.5 Å². The van der Waals surface area contributed by atoms with Crippen LogP contribution in [0.15, 0.2) is 48.5 Å². The van der Waals surface area contributed by atoms with E-state index in [1.807, 2.05) is 30.5 Å². The second-order valence-electron chi connectivity index (χ2n) is 8.92. The molecule has 35 heavy (non-hydrogen) atoms. The minimum Gasteiger partial charge on any atom is -0.480 e. The number of carboxylic acid groups (broad SMARTS) is 1. The maximum Gasteiger partial charge on any atom is 0.407 e. The number of piperazine rings is 1. The molecule has 1 saturated heterocycles. The molecule has 2 aromatic carbocycles. The predicted octanol–water partition coefficient (Wildman–Crippen LogP) is 2.87. The number of rotatable bonds is 8. The molecule has 1 unspecified atom stereocenters. The quantitative estimate of drug-likeness (QED) is 0.579. The minimum absolute atomic E-state index is 0.0672. The van der Waals surface area contributed by atoms with E-state index in [9.17, 15) is 19.5 Å². The summed E-state index contributed by atoms with van der Waals surface area (Å²) in [6, 6.07) is 14.7. The van der Waals surface area contributed by atoms with Gasteiger partial charge in [-0.05, 0) is 47.7 Å². The van der Waals surface area contributed by atoms with Crippen molar-refractivity contribution in [1.82, 2.24) is 15.1 Å². The van der Waals surface area contributed by atoms with Crippen LogP contribution in [0.2, 0.25) is 0 Å². The summed E-state index contributed by atoms with van der Waals surface area (Å²) in [5.74, 6) is -0.625. The monoisotopic (exact) mass is 497 g/mol. The molecule has 4 rings (SSSR count). The molecule has 1 fully saturated rings. The Morgan fingerprint density at radius 2 is 1.71 bits per heavy atom. The van der Waals surface area contributed by atoms with E-state index >= 15 is 0 Å². The van der Waals surface area contributed by atoms with Crippen LogP contribution in [0.25, 0.3) is 11.1 Å². The van der Waals surface area contributed by atoms with Crippen LogP contribution < -0.4 is 5.32 Å². The number of thioether (sulfide) groups is 1. The molecule has 0 saturated carbocycles. The molecule has 2 aromatic rings. The van der Waals surface area contributed by atoms with Gasteiger partial charge in [0.05, 0.1) is 0 Å². The summed E-state index contributed by atoms with van der Waals surface area (Å²) in [7, 11) is 1.74. The van der Waals surface area contributed by atoms with E-state index in [1.54, 1.807) is 23.7 Å². The first kappa shape index (κ1) is 25.1. The summed E-state index contributed by atoms with van der Waals surface area (Å²) in [5, 5.41) is 12.2. The number of carboxylic acids is 1. The Labute approximate surface area is 209 Å². The molecule has 9 heteroatoms. The second-order valence-corrected chi connectivity index (χ2v) is 9.91. The van der Waals surface area contributed by atoms with Crippen molar-refractivity contribution < 1.29 is 24.2 Å². The Morgan fingerprint density at radius 1 is 1.09 bits per heavy atom. The molecule has 0 spiro atoms. The Morgan fingerprint density at radius 3 is 2.31 bits per heavy atom. The Kier molecular flexibility index (Phi) is 7.97. The third-order valence-corrected chi connectivity index (χ3v) is 7.43. The average Bonchev–Trinajstić information content (AvgIpc) is 3.18. The van der Waals surface area contributed by atoms with Gasteiger partial charge in [-0.2, -0.15) is 11.8 Å². The first-order chi connectivity index (χ1) is 16.9. The first-order valence-electron chi connectivity index (χ1n) is 11.7. The first-order valence-corrected chi connectivity index (χ1v) is 13.1. The van der Waals surface area contributed by atoms with Crippen molar-refractivity contribution in [3.8, 4) is 11.1 Å². The van der Waals surface area contributed by atoms with Crippen LogP contribution in [0.5, 0.6) is 0 Å². The zero-order chi connectivity index (χ0) is 24.9. The number of amides is 2. The largest absolute Gasteiger partial charge is 0.480 e. The Bertz CT molecular complexity index is 1050. The molecule has 186 valence electrons. The number of nitrogens with zero attached hydrogens (tertiary/aromatic N) is 2. The normalized spacial score (nSPS) is 18.5. The number of fused-ring (bicyclic) bond motifs is 3. The Balaban J connectivity index is 1.41. The van der Waals surface area contributed by atoms with Crippen LogP contribution in [-0.2, 0) is 14.3 Å². The fraction of sp³-hybridized carbons (Fsp3) is 0.423. The van der Waals surface area contributed by atoms with E-state index in [4.69, 9.17) is 4.74 Å². The van der Waals surface area contributed by atoms with Crippen LogP contribution in [0.3, 0.4) is 0 Å². The SMILES string of the molecule is CSCC[C@@H](NC(=O)OCC1c2ccccc2-c2ccccc21)C(=O)N1CCN(C)C(C(=O)O)C1. The van der Waals surface area contributed by atoms with E-state index in [2.05, 4.69) is 29.6 Å². The molecular weight excluding hydrogens is 466 g/mol. The number of hydrogen-bond donors (Lipinski definition) is 2. The number of nitrogens with one attached hydrogen (secondary N) is 1. The van der Waals surface area contributed by atoms with Gasteiger partial charge in [0, 0.05) is 25.6 Å². The van der Waals surface area contributed by atoms with Crippen LogP contribution >= 0.6 is 11.8 Å². The predicted molar refractivity (Wildman–Crippen MR) is 136 cm³/mol. The zero-order valence-electron chi connectivity index (χ0n) is 20.0. The smallest absolute Gasteiger partial charge is 0.407 e. The molecule has 1 aliphatic carbocycles. The molecule has 0 bridgehead atoms. The summed E-state index contributed by atoms with van der Waals surface area (Å²) >= 11 is 1.58. The number of alkyl carbamates (subject to hydrolysis) is 1. The van der Waals surface area contributed by atoms with Gasteiger partial charge in [-0.3, -0.25) is 14.5 Å². The van der Waals surface area contributed by atoms with Crippen molar-refractivity contribution in [2.75, 3.05) is 45.3 Å². The molecule has 8 nitrogen and oxygen atoms in total. The summed E-state index contributed by atoms with van der Waals surface area (Å²) in [5.41, 5.74) is 4.53. The van der Waals surface area contributed by atoms with E-state index in [0.29, 0.717) is 25.3 Å². The maximum absolute atomic E-state index is 13.2. The van der Waals surface area contributed by atoms with E-state index < -0.39 is 24.1 Å². The van der Waals surface area contributed by atoms with Gasteiger partial charge in [-0.25, -0.2) is 4.79 Å². The molecule has 1 aliphatic heterocycles. The molecule has 2 amide bonds. The highest BCUT2D eigenvalue weighted by Gasteiger charge is 2.35. The molecular formula is C26H31N3O5S. The number of hydrogen-bond acceptors (Lipinski definition) is 6. The standard InChI is InChI=1S/C26H31N3O5S/c1-28-12-13-29(15-23(28)25(31)32)24(30)22(11-14-35-2)27-26(33)34-16-21-19-9-5-3-7-17(19)18-8-4-6-10-20(18)21/h3-10,21-23H,11-16H2,1-2H3,(H,27,33)(H,31,32)/t22-,23?/m1/s1. The highest BCUT2D eigenvalue weighted by atomic mass is 32.2. The summed E-state index contributed by atoms with van der Waals surface area (Å²) in [4.78, 5) is 40.9. The molecule has 2 N–H and O–H groups in total. The third kappa shape index (κ3) is 5.46. The second kappa shape index (κ2) is 11.1. The molecule has 1 heterocycles. The number of carbonyl (C=O) groups excluding carboxylic acids is 2. The van der Waals surface area contributed by atoms with Gasteiger partial charge in [0.1, 0.15) is 18.7 Å². The van der Waals surface area contributed by atoms with Crippen molar-refractivity contribution in [3.05, 3.63) is 59.7 Å².